The van der Waals surface area contributed by atoms with Crippen LogP contribution in [0.3, 0.4) is 0 Å². The average molecular weight is 370 g/mol. The molecule has 0 fully saturated rings. The van der Waals surface area contributed by atoms with E-state index in [0.717, 1.165) is 5.56 Å². The van der Waals surface area contributed by atoms with Crippen LogP contribution in [0.1, 0.15) is 16.1 Å². The number of sulfonamides is 1. The van der Waals surface area contributed by atoms with Gasteiger partial charge < -0.3 is 10.5 Å². The molecule has 1 aromatic heterocycles. The number of benzene rings is 2. The fourth-order valence-corrected chi connectivity index (χ4v) is 3.48. The minimum absolute atomic E-state index is 0.0128. The molecule has 132 valence electrons. The predicted octanol–water partition coefficient (Wildman–Crippen LogP) is 1.18. The minimum atomic E-state index is -3.80. The fourth-order valence-electron chi connectivity index (χ4n) is 2.96. The molecule has 4 rings (SSSR count). The van der Waals surface area contributed by atoms with E-state index in [9.17, 15) is 13.2 Å². The number of primary amides is 1. The quantitative estimate of drug-likeness (QED) is 0.715. The van der Waals surface area contributed by atoms with E-state index in [0.29, 0.717) is 22.7 Å². The molecular formula is C17H14N4O4S. The molecule has 1 aliphatic heterocycles. The van der Waals surface area contributed by atoms with Crippen LogP contribution in [-0.4, -0.2) is 24.1 Å². The van der Waals surface area contributed by atoms with Crippen molar-refractivity contribution in [3.63, 3.8) is 0 Å². The summed E-state index contributed by atoms with van der Waals surface area (Å²) >= 11 is 0. The van der Waals surface area contributed by atoms with Crippen LogP contribution >= 0.6 is 0 Å². The maximum atomic E-state index is 11.8. The highest BCUT2D eigenvalue weighted by Crippen LogP contribution is 2.39. The van der Waals surface area contributed by atoms with Crippen LogP contribution in [0.25, 0.3) is 16.9 Å². The number of rotatable bonds is 3. The second kappa shape index (κ2) is 5.68. The number of carbonyl (C=O) groups is 1. The molecule has 8 nitrogen and oxygen atoms in total. The van der Waals surface area contributed by atoms with Gasteiger partial charge in [0.15, 0.2) is 5.69 Å². The number of primary sulfonamides is 1. The largest absolute Gasteiger partial charge is 0.488 e. The zero-order valence-corrected chi connectivity index (χ0v) is 14.2. The van der Waals surface area contributed by atoms with Gasteiger partial charge in [-0.3, -0.25) is 4.79 Å². The van der Waals surface area contributed by atoms with Crippen molar-refractivity contribution < 1.29 is 17.9 Å². The molecule has 1 aliphatic rings. The molecule has 0 radical (unpaired) electrons. The van der Waals surface area contributed by atoms with Gasteiger partial charge in [-0.1, -0.05) is 12.1 Å². The fraction of sp³-hybridized carbons (Fsp3) is 0.0588. The van der Waals surface area contributed by atoms with E-state index < -0.39 is 15.9 Å². The summed E-state index contributed by atoms with van der Waals surface area (Å²) in [4.78, 5) is 11.8. The monoisotopic (exact) mass is 370 g/mol. The molecule has 0 saturated carbocycles. The Balaban J connectivity index is 1.95. The Morgan fingerprint density at radius 3 is 2.46 bits per heavy atom. The van der Waals surface area contributed by atoms with Crippen molar-refractivity contribution in [3.8, 4) is 22.7 Å². The molecule has 26 heavy (non-hydrogen) atoms. The lowest BCUT2D eigenvalue weighted by Gasteiger charge is -2.19. The molecule has 0 bridgehead atoms. The van der Waals surface area contributed by atoms with E-state index in [1.54, 1.807) is 16.8 Å². The SMILES string of the molecule is NC(=O)c1nn(-c2ccc(S(N)(=O)=O)cc2)c2c1COc1ccccc1-2. The first-order chi connectivity index (χ1) is 12.4. The number of fused-ring (bicyclic) bond motifs is 3. The zero-order valence-electron chi connectivity index (χ0n) is 13.4. The van der Waals surface area contributed by atoms with Crippen LogP contribution in [0, 0.1) is 0 Å². The lowest BCUT2D eigenvalue weighted by molar-refractivity contribution is 0.0992. The normalized spacial score (nSPS) is 12.8. The second-order valence-electron chi connectivity index (χ2n) is 5.78. The topological polar surface area (TPSA) is 130 Å². The maximum absolute atomic E-state index is 11.8. The number of nitrogens with two attached hydrogens (primary N) is 2. The number of hydrogen-bond acceptors (Lipinski definition) is 5. The van der Waals surface area contributed by atoms with E-state index in [2.05, 4.69) is 5.10 Å². The van der Waals surface area contributed by atoms with Gasteiger partial charge in [0.05, 0.1) is 16.3 Å². The Morgan fingerprint density at radius 2 is 1.81 bits per heavy atom. The molecule has 0 atom stereocenters. The van der Waals surface area contributed by atoms with Gasteiger partial charge in [0.25, 0.3) is 5.91 Å². The van der Waals surface area contributed by atoms with Crippen molar-refractivity contribution in [2.75, 3.05) is 0 Å². The summed E-state index contributed by atoms with van der Waals surface area (Å²) in [6.07, 6.45) is 0. The van der Waals surface area contributed by atoms with Gasteiger partial charge in [-0.15, -0.1) is 0 Å². The number of para-hydroxylation sites is 1. The van der Waals surface area contributed by atoms with E-state index in [-0.39, 0.29) is 17.2 Å². The summed E-state index contributed by atoms with van der Waals surface area (Å²) < 4.78 is 30.2. The lowest BCUT2D eigenvalue weighted by atomic mass is 10.0. The van der Waals surface area contributed by atoms with Crippen LogP contribution in [-0.2, 0) is 16.6 Å². The number of nitrogens with zero attached hydrogens (tertiary/aromatic N) is 2. The Kier molecular flexibility index (Phi) is 3.56. The average Bonchev–Trinajstić information content (AvgIpc) is 3.01. The number of carbonyl (C=O) groups excluding carboxylic acids is 1. The molecule has 2 heterocycles. The van der Waals surface area contributed by atoms with Crippen LogP contribution in [0.2, 0.25) is 0 Å². The van der Waals surface area contributed by atoms with Crippen molar-refractivity contribution in [2.45, 2.75) is 11.5 Å². The van der Waals surface area contributed by atoms with Crippen LogP contribution < -0.4 is 15.6 Å². The highest BCUT2D eigenvalue weighted by molar-refractivity contribution is 7.89. The molecule has 4 N–H and O–H groups in total. The first-order valence-electron chi connectivity index (χ1n) is 7.63. The Labute approximate surface area is 149 Å². The molecule has 0 saturated heterocycles. The van der Waals surface area contributed by atoms with Gasteiger partial charge in [-0.2, -0.15) is 5.10 Å². The summed E-state index contributed by atoms with van der Waals surface area (Å²) in [5.74, 6) is 0.00228. The third-order valence-corrected chi connectivity index (χ3v) is 5.07. The molecule has 9 heteroatoms. The van der Waals surface area contributed by atoms with E-state index in [1.165, 1.54) is 12.1 Å². The summed E-state index contributed by atoms with van der Waals surface area (Å²) in [5, 5.41) is 9.47. The van der Waals surface area contributed by atoms with Crippen molar-refractivity contribution in [1.29, 1.82) is 0 Å². The first kappa shape index (κ1) is 16.3. The van der Waals surface area contributed by atoms with Crippen LogP contribution in [0.15, 0.2) is 53.4 Å². The minimum Gasteiger partial charge on any atom is -0.488 e. The summed E-state index contributed by atoms with van der Waals surface area (Å²) in [6, 6.07) is 13.3. The standard InChI is InChI=1S/C17H14N4O4S/c18-17(22)15-13-9-25-14-4-2-1-3-12(14)16(13)21(20-15)10-5-7-11(8-6-10)26(19,23)24/h1-8H,9H2,(H2,18,22)(H2,19,23,24). The zero-order chi connectivity index (χ0) is 18.5. The molecule has 2 aromatic carbocycles. The van der Waals surface area contributed by atoms with Gasteiger partial charge in [-0.25, -0.2) is 18.2 Å². The van der Waals surface area contributed by atoms with Crippen molar-refractivity contribution in [3.05, 3.63) is 59.8 Å². The maximum Gasteiger partial charge on any atom is 0.269 e. The van der Waals surface area contributed by atoms with E-state index >= 15 is 0 Å². The molecule has 0 unspecified atom stereocenters. The third kappa shape index (κ3) is 2.54. The highest BCUT2D eigenvalue weighted by Gasteiger charge is 2.29. The second-order valence-corrected chi connectivity index (χ2v) is 7.34. The number of ether oxygens (including phenoxy) is 1. The highest BCUT2D eigenvalue weighted by atomic mass is 32.2. The van der Waals surface area contributed by atoms with Crippen molar-refractivity contribution in [2.24, 2.45) is 10.9 Å². The molecule has 1 amide bonds. The summed E-state index contributed by atoms with van der Waals surface area (Å²) in [7, 11) is -3.80. The Bertz CT molecular complexity index is 1130. The Hall–Kier alpha value is -3.17. The van der Waals surface area contributed by atoms with E-state index in [1.807, 2.05) is 24.3 Å². The molecule has 3 aromatic rings. The molecular weight excluding hydrogens is 356 g/mol. The number of aromatic nitrogens is 2. The van der Waals surface area contributed by atoms with Gasteiger partial charge in [0.2, 0.25) is 10.0 Å². The smallest absolute Gasteiger partial charge is 0.269 e. The number of hydrogen-bond donors (Lipinski definition) is 2. The van der Waals surface area contributed by atoms with Crippen molar-refractivity contribution in [1.82, 2.24) is 9.78 Å². The third-order valence-electron chi connectivity index (χ3n) is 4.14. The molecule has 0 aliphatic carbocycles. The van der Waals surface area contributed by atoms with Gasteiger partial charge in [0.1, 0.15) is 12.4 Å². The predicted molar refractivity (Wildman–Crippen MR) is 93.2 cm³/mol. The van der Waals surface area contributed by atoms with Gasteiger partial charge in [-0.05, 0) is 36.4 Å². The number of amides is 1. The summed E-state index contributed by atoms with van der Waals surface area (Å²) in [5.41, 5.74) is 8.19. The Morgan fingerprint density at radius 1 is 1.12 bits per heavy atom. The van der Waals surface area contributed by atoms with Gasteiger partial charge >= 0.3 is 0 Å². The first-order valence-corrected chi connectivity index (χ1v) is 9.18. The van der Waals surface area contributed by atoms with Crippen molar-refractivity contribution >= 4 is 15.9 Å². The van der Waals surface area contributed by atoms with Crippen LogP contribution in [0.4, 0.5) is 0 Å². The summed E-state index contributed by atoms with van der Waals surface area (Å²) in [6.45, 7) is 0.167. The molecule has 0 spiro atoms. The van der Waals surface area contributed by atoms with Crippen LogP contribution in [0.5, 0.6) is 5.75 Å². The lowest BCUT2D eigenvalue weighted by Crippen LogP contribution is -2.16. The van der Waals surface area contributed by atoms with Gasteiger partial charge in [0, 0.05) is 11.1 Å². The van der Waals surface area contributed by atoms with E-state index in [4.69, 9.17) is 15.6 Å².